The van der Waals surface area contributed by atoms with Crippen LogP contribution in [0, 0.1) is 46.3 Å². The zero-order valence-electron chi connectivity index (χ0n) is 24.0. The number of nitrogens with zero attached hydrogens (tertiary/aromatic N) is 1. The van der Waals surface area contributed by atoms with Gasteiger partial charge in [0.25, 0.3) is 10.1 Å². The number of hydrogen-bond donors (Lipinski definition) is 1. The summed E-state index contributed by atoms with van der Waals surface area (Å²) in [6, 6.07) is 9.15. The molecule has 4 aliphatic rings. The molecule has 0 heterocycles. The van der Waals surface area contributed by atoms with Crippen LogP contribution in [0.15, 0.2) is 30.3 Å². The molecule has 1 amide bonds. The van der Waals surface area contributed by atoms with Crippen LogP contribution in [0.25, 0.3) is 0 Å². The molecule has 7 heteroatoms. The van der Waals surface area contributed by atoms with Crippen LogP contribution < -0.4 is 4.90 Å². The van der Waals surface area contributed by atoms with Crippen molar-refractivity contribution < 1.29 is 22.6 Å². The molecule has 1 aromatic rings. The van der Waals surface area contributed by atoms with Crippen molar-refractivity contribution in [2.75, 3.05) is 17.2 Å². The summed E-state index contributed by atoms with van der Waals surface area (Å²) in [5.74, 6) is 3.78. The van der Waals surface area contributed by atoms with E-state index < -0.39 is 15.9 Å². The normalized spacial score (nSPS) is 36.9. The molecular formula is C32H47NO5S. The SMILES string of the molecule is C[C@H](CCC(=O)N(CCS(=O)(=O)O)c1ccccc1)[C@H]1CC[C@H]2[C@@H]3CC[C@@H]4CC(=O)CC[C@]4(C)[C@H]3CC[C@]12C. The number of para-hydroxylation sites is 1. The van der Waals surface area contributed by atoms with E-state index in [1.165, 1.54) is 43.4 Å². The second kappa shape index (κ2) is 10.9. The van der Waals surface area contributed by atoms with Crippen LogP contribution in [0.4, 0.5) is 5.69 Å². The van der Waals surface area contributed by atoms with E-state index >= 15 is 0 Å². The molecule has 39 heavy (non-hydrogen) atoms. The molecule has 0 saturated heterocycles. The standard InChI is InChI=1S/C32H47NO5S/c1-22(9-14-30(35)33(19-20-39(36,37)38)24-7-5-4-6-8-24)27-12-13-28-26-11-10-23-21-25(34)15-17-31(23,2)29(26)16-18-32(27,28)3/h4-8,22-23,26-29H,9-21H2,1-3H3,(H,36,37,38)/t22-,23-,26+,27-,28+,29+,31+,32-/m1/s1. The average molecular weight is 558 g/mol. The summed E-state index contributed by atoms with van der Waals surface area (Å²) in [6.07, 6.45) is 11.3. The highest BCUT2D eigenvalue weighted by Crippen LogP contribution is 2.68. The van der Waals surface area contributed by atoms with Crippen molar-refractivity contribution in [3.8, 4) is 0 Å². The summed E-state index contributed by atoms with van der Waals surface area (Å²) in [5, 5.41) is 0. The van der Waals surface area contributed by atoms with Gasteiger partial charge in [0.1, 0.15) is 5.78 Å². The van der Waals surface area contributed by atoms with Gasteiger partial charge in [-0.1, -0.05) is 39.0 Å². The van der Waals surface area contributed by atoms with Gasteiger partial charge in [-0.2, -0.15) is 8.42 Å². The summed E-state index contributed by atoms with van der Waals surface area (Å²) in [4.78, 5) is 27.1. The minimum atomic E-state index is -4.16. The van der Waals surface area contributed by atoms with Gasteiger partial charge in [0.15, 0.2) is 0 Å². The van der Waals surface area contributed by atoms with Crippen molar-refractivity contribution >= 4 is 27.5 Å². The van der Waals surface area contributed by atoms with Crippen LogP contribution in [0.1, 0.15) is 91.4 Å². The number of rotatable bonds is 8. The monoisotopic (exact) mass is 557 g/mol. The molecule has 1 aromatic carbocycles. The minimum Gasteiger partial charge on any atom is -0.311 e. The van der Waals surface area contributed by atoms with E-state index in [4.69, 9.17) is 0 Å². The first kappa shape index (κ1) is 28.8. The maximum Gasteiger partial charge on any atom is 0.266 e. The molecule has 4 saturated carbocycles. The second-order valence-electron chi connectivity index (χ2n) is 13.8. The maximum atomic E-state index is 13.3. The van der Waals surface area contributed by atoms with E-state index in [2.05, 4.69) is 20.8 Å². The zero-order valence-corrected chi connectivity index (χ0v) is 24.8. The van der Waals surface area contributed by atoms with Gasteiger partial charge in [-0.25, -0.2) is 0 Å². The minimum absolute atomic E-state index is 0.0479. The van der Waals surface area contributed by atoms with Gasteiger partial charge in [0.05, 0.1) is 5.75 Å². The molecule has 4 aliphatic carbocycles. The molecule has 8 atom stereocenters. The third kappa shape index (κ3) is 5.59. The average Bonchev–Trinajstić information content (AvgIpc) is 3.25. The van der Waals surface area contributed by atoms with Gasteiger partial charge in [0, 0.05) is 31.5 Å². The molecule has 0 aromatic heterocycles. The lowest BCUT2D eigenvalue weighted by atomic mass is 9.44. The molecule has 6 nitrogen and oxygen atoms in total. The van der Waals surface area contributed by atoms with Crippen molar-refractivity contribution in [2.24, 2.45) is 46.3 Å². The molecule has 4 fully saturated rings. The number of benzene rings is 1. The van der Waals surface area contributed by atoms with Crippen LogP contribution in [0.5, 0.6) is 0 Å². The maximum absolute atomic E-state index is 13.3. The Morgan fingerprint density at radius 3 is 2.46 bits per heavy atom. The largest absolute Gasteiger partial charge is 0.311 e. The Labute approximate surface area is 235 Å². The number of carbonyl (C=O) groups is 2. The Morgan fingerprint density at radius 2 is 1.74 bits per heavy atom. The molecule has 0 spiro atoms. The van der Waals surface area contributed by atoms with E-state index in [1.54, 1.807) is 0 Å². The Balaban J connectivity index is 1.24. The van der Waals surface area contributed by atoms with Crippen molar-refractivity contribution in [3.63, 3.8) is 0 Å². The molecule has 1 N–H and O–H groups in total. The van der Waals surface area contributed by atoms with Gasteiger partial charge in [-0.3, -0.25) is 14.1 Å². The van der Waals surface area contributed by atoms with E-state index in [9.17, 15) is 22.6 Å². The Morgan fingerprint density at radius 1 is 1.03 bits per heavy atom. The molecular weight excluding hydrogens is 510 g/mol. The number of fused-ring (bicyclic) bond motifs is 5. The number of ketones is 1. The number of amides is 1. The summed E-state index contributed by atoms with van der Waals surface area (Å²) in [5.41, 5.74) is 1.30. The van der Waals surface area contributed by atoms with E-state index in [-0.39, 0.29) is 12.5 Å². The molecule has 0 unspecified atom stereocenters. The number of hydrogen-bond acceptors (Lipinski definition) is 4. The molecule has 0 radical (unpaired) electrons. The van der Waals surface area contributed by atoms with Crippen LogP contribution in [0.3, 0.4) is 0 Å². The first-order chi connectivity index (χ1) is 18.4. The van der Waals surface area contributed by atoms with E-state index in [0.717, 1.165) is 43.4 Å². The molecule has 5 rings (SSSR count). The highest BCUT2D eigenvalue weighted by atomic mass is 32.2. The van der Waals surface area contributed by atoms with Gasteiger partial charge in [-0.05, 0) is 110 Å². The topological polar surface area (TPSA) is 91.8 Å². The quantitative estimate of drug-likeness (QED) is 0.366. The third-order valence-electron chi connectivity index (χ3n) is 12.0. The lowest BCUT2D eigenvalue weighted by Gasteiger charge is -2.60. The van der Waals surface area contributed by atoms with Crippen LogP contribution in [-0.4, -0.2) is 37.0 Å². The van der Waals surface area contributed by atoms with Crippen molar-refractivity contribution in [2.45, 2.75) is 91.4 Å². The zero-order chi connectivity index (χ0) is 28.0. The number of anilines is 1. The van der Waals surface area contributed by atoms with Gasteiger partial charge < -0.3 is 4.90 Å². The van der Waals surface area contributed by atoms with Crippen molar-refractivity contribution in [1.82, 2.24) is 0 Å². The number of carbonyl (C=O) groups excluding carboxylic acids is 2. The smallest absolute Gasteiger partial charge is 0.266 e. The number of Topliss-reactive ketones (excluding diaryl/α,β-unsaturated/α-hetero) is 1. The molecule has 0 aliphatic heterocycles. The fourth-order valence-electron chi connectivity index (χ4n) is 9.92. The Bertz CT molecular complexity index is 1170. The fraction of sp³-hybridized carbons (Fsp3) is 0.750. The van der Waals surface area contributed by atoms with E-state index in [0.29, 0.717) is 46.5 Å². The fourth-order valence-corrected chi connectivity index (χ4v) is 10.3. The van der Waals surface area contributed by atoms with Crippen LogP contribution in [-0.2, 0) is 19.7 Å². The summed E-state index contributed by atoms with van der Waals surface area (Å²) in [7, 11) is -4.16. The lowest BCUT2D eigenvalue weighted by molar-refractivity contribution is -0.140. The van der Waals surface area contributed by atoms with Crippen LogP contribution >= 0.6 is 0 Å². The Kier molecular flexibility index (Phi) is 8.06. The predicted molar refractivity (Wildman–Crippen MR) is 154 cm³/mol. The highest BCUT2D eigenvalue weighted by Gasteiger charge is 2.60. The lowest BCUT2D eigenvalue weighted by Crippen LogP contribution is -2.53. The predicted octanol–water partition coefficient (Wildman–Crippen LogP) is 6.55. The molecule has 216 valence electrons. The van der Waals surface area contributed by atoms with Gasteiger partial charge >= 0.3 is 0 Å². The van der Waals surface area contributed by atoms with Gasteiger partial charge in [-0.15, -0.1) is 0 Å². The highest BCUT2D eigenvalue weighted by molar-refractivity contribution is 7.85. The van der Waals surface area contributed by atoms with Gasteiger partial charge in [0.2, 0.25) is 5.91 Å². The summed E-state index contributed by atoms with van der Waals surface area (Å²) >= 11 is 0. The first-order valence-corrected chi connectivity index (χ1v) is 16.9. The van der Waals surface area contributed by atoms with E-state index in [1.807, 2.05) is 30.3 Å². The Hall–Kier alpha value is -1.73. The molecule has 0 bridgehead atoms. The van der Waals surface area contributed by atoms with Crippen molar-refractivity contribution in [1.29, 1.82) is 0 Å². The second-order valence-corrected chi connectivity index (χ2v) is 15.4. The summed E-state index contributed by atoms with van der Waals surface area (Å²) in [6.45, 7) is 7.30. The van der Waals surface area contributed by atoms with Crippen molar-refractivity contribution in [3.05, 3.63) is 30.3 Å². The third-order valence-corrected chi connectivity index (χ3v) is 12.7. The van der Waals surface area contributed by atoms with Crippen LogP contribution in [0.2, 0.25) is 0 Å². The summed E-state index contributed by atoms with van der Waals surface area (Å²) < 4.78 is 32.1. The first-order valence-electron chi connectivity index (χ1n) is 15.2.